The number of amides is 1. The van der Waals surface area contributed by atoms with Crippen LogP contribution in [-0.2, 0) is 4.79 Å². The van der Waals surface area contributed by atoms with Gasteiger partial charge in [-0.2, -0.15) is 0 Å². The Morgan fingerprint density at radius 3 is 2.12 bits per heavy atom. The van der Waals surface area contributed by atoms with Crippen LogP contribution in [0.5, 0.6) is 0 Å². The highest BCUT2D eigenvalue weighted by molar-refractivity contribution is 6.48. The highest BCUT2D eigenvalue weighted by atomic mass is 35.5. The number of hydrogen-bond donors (Lipinski definition) is 1. The minimum absolute atomic E-state index is 0.00386. The molecule has 0 aliphatic rings. The van der Waals surface area contributed by atoms with E-state index in [1.807, 2.05) is 0 Å². The quantitative estimate of drug-likeness (QED) is 0.596. The first-order valence-electron chi connectivity index (χ1n) is 2.08. The summed E-state index contributed by atoms with van der Waals surface area (Å²) in [6, 6.07) is 0. The number of nitrogens with two attached hydrogens (primary N) is 1. The summed E-state index contributed by atoms with van der Waals surface area (Å²) in [7, 11) is 0. The molecule has 0 aromatic carbocycles. The second-order valence-corrected chi connectivity index (χ2v) is 3.58. The van der Waals surface area contributed by atoms with Gasteiger partial charge < -0.3 is 5.73 Å². The van der Waals surface area contributed by atoms with E-state index in [1.54, 1.807) is 0 Å². The number of primary amides is 1. The molecular weight excluding hydrogens is 149 g/mol. The van der Waals surface area contributed by atoms with E-state index in [4.69, 9.17) is 28.9 Å². The Morgan fingerprint density at radius 1 is 1.75 bits per heavy atom. The minimum atomic E-state index is -1.01. The van der Waals surface area contributed by atoms with Crippen molar-refractivity contribution in [3.05, 3.63) is 0 Å². The molecule has 0 fully saturated rings. The molecule has 48 valence electrons. The van der Waals surface area contributed by atoms with E-state index in [0.29, 0.717) is 0 Å². The van der Waals surface area contributed by atoms with Crippen molar-refractivity contribution in [3.63, 3.8) is 0 Å². The summed E-state index contributed by atoms with van der Waals surface area (Å²) in [5.74, 6) is -0.488. The van der Waals surface area contributed by atoms with Crippen LogP contribution >= 0.6 is 23.2 Å². The van der Waals surface area contributed by atoms with E-state index < -0.39 is 10.2 Å². The Bertz CT molecular complexity index is 96.7. The first-order chi connectivity index (χ1) is 3.42. The molecule has 0 rings (SSSR count). The molecule has 8 heavy (non-hydrogen) atoms. The molecule has 0 atom stereocenters. The van der Waals surface area contributed by atoms with E-state index in [9.17, 15) is 4.79 Å². The number of alkyl halides is 2. The van der Waals surface area contributed by atoms with Gasteiger partial charge in [-0.15, -0.1) is 23.2 Å². The lowest BCUT2D eigenvalue weighted by atomic mass is 10.3. The Morgan fingerprint density at radius 2 is 2.12 bits per heavy atom. The maximum atomic E-state index is 10.1. The van der Waals surface area contributed by atoms with Gasteiger partial charge in [0, 0.05) is 0 Å². The second-order valence-electron chi connectivity index (χ2n) is 1.71. The van der Waals surface area contributed by atoms with E-state index in [0.717, 1.165) is 0 Å². The fourth-order valence-corrected chi connectivity index (χ4v) is 0.569. The minimum Gasteiger partial charge on any atom is -0.370 e. The number of rotatable bonds is 2. The van der Waals surface area contributed by atoms with Crippen molar-refractivity contribution in [2.45, 2.75) is 17.7 Å². The van der Waals surface area contributed by atoms with Crippen LogP contribution in [0, 0.1) is 0 Å². The maximum absolute atomic E-state index is 10.1. The lowest BCUT2D eigenvalue weighted by molar-refractivity contribution is -0.118. The standard InChI is InChI=1S/C4H7Cl2NO/c1-4(5,6)2-3(7)8/h2H2,1H3,(H2,7,8). The molecule has 0 aliphatic carbocycles. The molecule has 4 heteroatoms. The van der Waals surface area contributed by atoms with E-state index >= 15 is 0 Å². The molecule has 0 spiro atoms. The third kappa shape index (κ3) is 6.05. The lowest BCUT2D eigenvalue weighted by Crippen LogP contribution is -2.20. The van der Waals surface area contributed by atoms with Gasteiger partial charge >= 0.3 is 0 Å². The zero-order valence-electron chi connectivity index (χ0n) is 4.45. The first-order valence-corrected chi connectivity index (χ1v) is 2.83. The number of carbonyl (C=O) groups is 1. The van der Waals surface area contributed by atoms with Gasteiger partial charge in [-0.3, -0.25) is 4.79 Å². The molecule has 0 saturated heterocycles. The predicted molar refractivity (Wildman–Crippen MR) is 33.9 cm³/mol. The van der Waals surface area contributed by atoms with Crippen LogP contribution in [0.25, 0.3) is 0 Å². The molecule has 0 aromatic rings. The summed E-state index contributed by atoms with van der Waals surface area (Å²) >= 11 is 10.8. The van der Waals surface area contributed by atoms with Gasteiger partial charge in [0.15, 0.2) is 0 Å². The summed E-state index contributed by atoms with van der Waals surface area (Å²) in [6.07, 6.45) is -0.00386. The van der Waals surface area contributed by atoms with Gasteiger partial charge in [0.25, 0.3) is 0 Å². The normalized spacial score (nSPS) is 11.4. The molecule has 2 nitrogen and oxygen atoms in total. The number of halogens is 2. The summed E-state index contributed by atoms with van der Waals surface area (Å²) in [5.41, 5.74) is 4.77. The van der Waals surface area contributed by atoms with Crippen molar-refractivity contribution in [2.24, 2.45) is 5.73 Å². The van der Waals surface area contributed by atoms with Crippen LogP contribution in [0.15, 0.2) is 0 Å². The molecule has 0 bridgehead atoms. The molecule has 1 amide bonds. The number of carbonyl (C=O) groups excluding carboxylic acids is 1. The Hall–Kier alpha value is 0.0500. The van der Waals surface area contributed by atoms with Gasteiger partial charge in [-0.25, -0.2) is 0 Å². The van der Waals surface area contributed by atoms with Gasteiger partial charge in [-0.05, 0) is 6.92 Å². The third-order valence-corrected chi connectivity index (χ3v) is 0.752. The van der Waals surface area contributed by atoms with Crippen molar-refractivity contribution in [2.75, 3.05) is 0 Å². The van der Waals surface area contributed by atoms with Crippen molar-refractivity contribution in [3.8, 4) is 0 Å². The van der Waals surface area contributed by atoms with Crippen molar-refractivity contribution in [1.82, 2.24) is 0 Å². The molecule has 0 saturated carbocycles. The molecule has 0 radical (unpaired) electrons. The SMILES string of the molecule is CC(Cl)(Cl)CC(N)=O. The largest absolute Gasteiger partial charge is 0.370 e. The van der Waals surface area contributed by atoms with Crippen molar-refractivity contribution >= 4 is 29.1 Å². The van der Waals surface area contributed by atoms with Gasteiger partial charge in [0.1, 0.15) is 4.33 Å². The zero-order chi connectivity index (χ0) is 6.78. The summed E-state index contributed by atoms with van der Waals surface area (Å²) < 4.78 is -1.01. The topological polar surface area (TPSA) is 43.1 Å². The summed E-state index contributed by atoms with van der Waals surface area (Å²) in [4.78, 5) is 10.1. The van der Waals surface area contributed by atoms with Gasteiger partial charge in [0.05, 0.1) is 6.42 Å². The van der Waals surface area contributed by atoms with Gasteiger partial charge in [0.2, 0.25) is 5.91 Å². The molecular formula is C4H7Cl2NO. The third-order valence-electron chi connectivity index (χ3n) is 0.485. The van der Waals surface area contributed by atoms with Crippen LogP contribution in [0.3, 0.4) is 0 Å². The smallest absolute Gasteiger partial charge is 0.220 e. The zero-order valence-corrected chi connectivity index (χ0v) is 5.96. The molecule has 0 heterocycles. The summed E-state index contributed by atoms with van der Waals surface area (Å²) in [5, 5.41) is 0. The van der Waals surface area contributed by atoms with Crippen LogP contribution in [0.4, 0.5) is 0 Å². The van der Waals surface area contributed by atoms with Crippen molar-refractivity contribution < 1.29 is 4.79 Å². The predicted octanol–water partition coefficient (Wildman–Crippen LogP) is 1.06. The highest BCUT2D eigenvalue weighted by Gasteiger charge is 2.18. The monoisotopic (exact) mass is 155 g/mol. The molecule has 0 aromatic heterocycles. The maximum Gasteiger partial charge on any atom is 0.220 e. The first kappa shape index (κ1) is 8.05. The molecule has 0 aliphatic heterocycles. The van der Waals surface area contributed by atoms with Crippen LogP contribution < -0.4 is 5.73 Å². The average Bonchev–Trinajstić information content (AvgIpc) is 1.21. The Labute approximate surface area is 57.9 Å². The fourth-order valence-electron chi connectivity index (χ4n) is 0.306. The highest BCUT2D eigenvalue weighted by Crippen LogP contribution is 2.22. The Kier molecular flexibility index (Phi) is 2.57. The fraction of sp³-hybridized carbons (Fsp3) is 0.750. The lowest BCUT2D eigenvalue weighted by Gasteiger charge is -2.07. The van der Waals surface area contributed by atoms with Crippen molar-refractivity contribution in [1.29, 1.82) is 0 Å². The second kappa shape index (κ2) is 2.55. The van der Waals surface area contributed by atoms with E-state index in [-0.39, 0.29) is 6.42 Å². The van der Waals surface area contributed by atoms with Gasteiger partial charge in [-0.1, -0.05) is 0 Å². The van der Waals surface area contributed by atoms with E-state index in [2.05, 4.69) is 0 Å². The molecule has 2 N–H and O–H groups in total. The summed E-state index contributed by atoms with van der Waals surface area (Å²) in [6.45, 7) is 1.51. The van der Waals surface area contributed by atoms with Crippen LogP contribution in [0.2, 0.25) is 0 Å². The van der Waals surface area contributed by atoms with Crippen LogP contribution in [0.1, 0.15) is 13.3 Å². The average molecular weight is 156 g/mol. The van der Waals surface area contributed by atoms with Crippen LogP contribution in [-0.4, -0.2) is 10.2 Å². The number of hydrogen-bond acceptors (Lipinski definition) is 1. The molecule has 0 unspecified atom stereocenters. The van der Waals surface area contributed by atoms with E-state index in [1.165, 1.54) is 6.92 Å². The Balaban J connectivity index is 3.55.